The molecule has 7 atom stereocenters. The van der Waals surface area contributed by atoms with Gasteiger partial charge in [-0.05, 0) is 6.92 Å². The van der Waals surface area contributed by atoms with Crippen LogP contribution in [0.4, 0.5) is 4.39 Å². The number of phosphoric acid groups is 3. The normalized spacial score (nSPS) is 30.8. The predicted molar refractivity (Wildman–Crippen MR) is 98.3 cm³/mol. The van der Waals surface area contributed by atoms with Crippen molar-refractivity contribution in [1.82, 2.24) is 9.55 Å². The van der Waals surface area contributed by atoms with E-state index in [1.165, 1.54) is 0 Å². The number of terminal acetylenes is 1. The number of nitrogens with zero attached hydrogens (tertiary/aromatic N) is 1. The van der Waals surface area contributed by atoms with Crippen LogP contribution in [0.3, 0.4) is 0 Å². The van der Waals surface area contributed by atoms with Crippen LogP contribution in [-0.4, -0.2) is 58.2 Å². The van der Waals surface area contributed by atoms with Gasteiger partial charge >= 0.3 is 29.2 Å². The average Bonchev–Trinajstić information content (AvgIpc) is 2.84. The summed E-state index contributed by atoms with van der Waals surface area (Å²) >= 11 is 0. The van der Waals surface area contributed by atoms with Crippen molar-refractivity contribution >= 4 is 23.5 Å². The third kappa shape index (κ3) is 6.09. The molecule has 180 valence electrons. The Bertz CT molecular complexity index is 1170. The van der Waals surface area contributed by atoms with Crippen molar-refractivity contribution in [1.29, 1.82) is 0 Å². The molecule has 0 saturated carbocycles. The lowest BCUT2D eigenvalue weighted by atomic mass is 9.95. The number of H-pyrrole nitrogens is 1. The number of ether oxygens (including phenoxy) is 1. The zero-order valence-corrected chi connectivity index (χ0v) is 18.3. The summed E-state index contributed by atoms with van der Waals surface area (Å²) in [6.45, 7) is 0.904. The fraction of sp³-hybridized carbons (Fsp3) is 0.500. The summed E-state index contributed by atoms with van der Waals surface area (Å²) in [5.41, 5.74) is -5.14. The Balaban J connectivity index is 2.28. The molecule has 0 amide bonds. The average molecular weight is 524 g/mol. The van der Waals surface area contributed by atoms with E-state index in [-0.39, 0.29) is 0 Å². The quantitative estimate of drug-likeness (QED) is 0.174. The molecule has 2 rings (SSSR count). The lowest BCUT2D eigenvalue weighted by molar-refractivity contribution is -0.0781. The molecular weight excluding hydrogens is 508 g/mol. The minimum Gasteiger partial charge on any atom is -0.386 e. The topological polar surface area (TPSA) is 244 Å². The van der Waals surface area contributed by atoms with Crippen LogP contribution in [0.5, 0.6) is 0 Å². The van der Waals surface area contributed by atoms with Gasteiger partial charge in [0.1, 0.15) is 12.2 Å². The van der Waals surface area contributed by atoms with Crippen LogP contribution in [0.15, 0.2) is 21.9 Å². The number of hydrogen-bond donors (Lipinski definition) is 6. The summed E-state index contributed by atoms with van der Waals surface area (Å²) in [5, 5.41) is 10.3. The molecule has 1 aliphatic rings. The Kier molecular flexibility index (Phi) is 7.55. The first-order valence-electron chi connectivity index (χ1n) is 8.05. The third-order valence-electron chi connectivity index (χ3n) is 3.89. The van der Waals surface area contributed by atoms with E-state index in [4.69, 9.17) is 25.8 Å². The van der Waals surface area contributed by atoms with Gasteiger partial charge in [0, 0.05) is 12.3 Å². The Hall–Kier alpha value is -1.50. The van der Waals surface area contributed by atoms with Gasteiger partial charge in [0.25, 0.3) is 5.56 Å². The van der Waals surface area contributed by atoms with Crippen LogP contribution < -0.4 is 11.2 Å². The van der Waals surface area contributed by atoms with Crippen LogP contribution in [0, 0.1) is 12.3 Å². The Morgan fingerprint density at radius 1 is 1.25 bits per heavy atom. The largest absolute Gasteiger partial charge is 0.490 e. The van der Waals surface area contributed by atoms with Crippen molar-refractivity contribution in [2.45, 2.75) is 37.1 Å². The minimum absolute atomic E-state index is 0.488. The van der Waals surface area contributed by atoms with E-state index >= 15 is 4.39 Å². The number of aliphatic hydroxyl groups excluding tert-OH is 1. The second-order valence-electron chi connectivity index (χ2n) is 6.23. The second-order valence-corrected chi connectivity index (χ2v) is 10.6. The molecule has 1 aliphatic heterocycles. The molecule has 32 heavy (non-hydrogen) atoms. The van der Waals surface area contributed by atoms with Gasteiger partial charge in [-0.15, -0.1) is 6.42 Å². The van der Waals surface area contributed by atoms with Crippen LogP contribution in [0.1, 0.15) is 13.2 Å². The monoisotopic (exact) mass is 524 g/mol. The number of aromatic nitrogens is 2. The van der Waals surface area contributed by atoms with Gasteiger partial charge in [0.15, 0.2) is 6.23 Å². The number of hydrogen-bond acceptors (Lipinski definition) is 10. The van der Waals surface area contributed by atoms with Gasteiger partial charge in [-0.2, -0.15) is 8.62 Å². The highest BCUT2D eigenvalue weighted by Gasteiger charge is 2.60. The first-order chi connectivity index (χ1) is 14.4. The van der Waals surface area contributed by atoms with E-state index in [1.807, 2.05) is 0 Å². The van der Waals surface area contributed by atoms with E-state index in [1.54, 1.807) is 10.9 Å². The number of nitrogens with one attached hydrogen (secondary N) is 1. The van der Waals surface area contributed by atoms with Crippen molar-refractivity contribution < 1.29 is 60.6 Å². The molecular formula is C12H16FN2O14P3. The molecule has 20 heteroatoms. The summed E-state index contributed by atoms with van der Waals surface area (Å²) < 4.78 is 66.5. The number of halogens is 1. The van der Waals surface area contributed by atoms with E-state index in [0.717, 1.165) is 19.2 Å². The Morgan fingerprint density at radius 2 is 1.84 bits per heavy atom. The summed E-state index contributed by atoms with van der Waals surface area (Å²) in [7, 11) is -17.1. The van der Waals surface area contributed by atoms with Crippen molar-refractivity contribution in [2.75, 3.05) is 0 Å². The highest BCUT2D eigenvalue weighted by atomic mass is 31.3. The molecule has 0 radical (unpaired) electrons. The molecule has 0 aliphatic carbocycles. The third-order valence-corrected chi connectivity index (χ3v) is 7.82. The summed E-state index contributed by atoms with van der Waals surface area (Å²) in [6, 6.07) is 0.816. The molecule has 6 N–H and O–H groups in total. The van der Waals surface area contributed by atoms with Crippen LogP contribution >= 0.6 is 23.5 Å². The highest BCUT2D eigenvalue weighted by molar-refractivity contribution is 7.66. The minimum atomic E-state index is -5.83. The van der Waals surface area contributed by atoms with E-state index in [9.17, 15) is 33.3 Å². The fourth-order valence-electron chi connectivity index (χ4n) is 2.68. The maximum Gasteiger partial charge on any atom is 0.490 e. The molecule has 0 spiro atoms. The Labute approximate surface area is 177 Å². The van der Waals surface area contributed by atoms with Gasteiger partial charge in [0.05, 0.1) is 6.10 Å². The number of aliphatic hydroxyl groups is 1. The number of phosphoric ester groups is 1. The smallest absolute Gasteiger partial charge is 0.386 e. The molecule has 1 fully saturated rings. The lowest BCUT2D eigenvalue weighted by Gasteiger charge is -2.25. The van der Waals surface area contributed by atoms with E-state index in [0.29, 0.717) is 4.57 Å². The van der Waals surface area contributed by atoms with Crippen LogP contribution in [0.25, 0.3) is 0 Å². The Morgan fingerprint density at radius 3 is 2.34 bits per heavy atom. The van der Waals surface area contributed by atoms with Crippen LogP contribution in [-0.2, 0) is 31.6 Å². The molecule has 2 heterocycles. The fourth-order valence-corrected chi connectivity index (χ4v) is 5.88. The van der Waals surface area contributed by atoms with Crippen molar-refractivity contribution in [2.24, 2.45) is 0 Å². The van der Waals surface area contributed by atoms with Crippen molar-refractivity contribution in [3.63, 3.8) is 0 Å². The van der Waals surface area contributed by atoms with Gasteiger partial charge in [-0.25, -0.2) is 22.9 Å². The zero-order valence-electron chi connectivity index (χ0n) is 15.6. The molecule has 0 bridgehead atoms. The van der Waals surface area contributed by atoms with Crippen molar-refractivity contribution in [3.8, 4) is 12.3 Å². The first kappa shape index (κ1) is 26.7. The zero-order chi connectivity index (χ0) is 24.7. The van der Waals surface area contributed by atoms with Crippen molar-refractivity contribution in [3.05, 3.63) is 33.1 Å². The first-order valence-corrected chi connectivity index (χ1v) is 12.6. The number of alkyl halides is 1. The lowest BCUT2D eigenvalue weighted by Crippen LogP contribution is -2.46. The SMILES string of the molecule is C#CC1(F)[C@@H](O)[C@@H]([C@@H](C)OP(=O)(O)OP(=O)(O)OP(=O)(O)O)O[C@H]1n1ccc(=O)[nH]c1=O. The number of aromatic amines is 1. The molecule has 0 aromatic carbocycles. The predicted octanol–water partition coefficient (Wildman–Crippen LogP) is -1.13. The summed E-state index contributed by atoms with van der Waals surface area (Å²) in [5.74, 6) is 1.59. The van der Waals surface area contributed by atoms with E-state index < -0.39 is 64.9 Å². The van der Waals surface area contributed by atoms with Crippen LogP contribution in [0.2, 0.25) is 0 Å². The molecule has 3 unspecified atom stereocenters. The molecule has 16 nitrogen and oxygen atoms in total. The number of rotatable bonds is 8. The second kappa shape index (κ2) is 9.03. The standard InChI is InChI=1S/C12H16FN2O14P3/c1-3-12(13)9(17)8(26-10(12)15-5-4-7(16)14-11(15)18)6(2)27-31(22,23)29-32(24,25)28-30(19,20)21/h1,4-6,8-10,17H,2H3,(H,22,23)(H,24,25)(H,14,16,18)(H2,19,20,21)/t6-,8-,9+,10-,12?/m1/s1. The van der Waals surface area contributed by atoms with Gasteiger partial charge in [0.2, 0.25) is 5.67 Å². The molecule has 1 aromatic heterocycles. The van der Waals surface area contributed by atoms with Gasteiger partial charge in [-0.3, -0.25) is 18.9 Å². The summed E-state index contributed by atoms with van der Waals surface area (Å²) in [6.07, 6.45) is -2.18. The highest BCUT2D eigenvalue weighted by Crippen LogP contribution is 2.66. The molecule has 1 aromatic rings. The molecule has 1 saturated heterocycles. The van der Waals surface area contributed by atoms with Gasteiger partial charge < -0.3 is 29.4 Å². The van der Waals surface area contributed by atoms with E-state index in [2.05, 4.69) is 13.1 Å². The maximum atomic E-state index is 15.3. The maximum absolute atomic E-state index is 15.3. The van der Waals surface area contributed by atoms with Gasteiger partial charge in [-0.1, -0.05) is 5.92 Å². The summed E-state index contributed by atoms with van der Waals surface area (Å²) in [4.78, 5) is 60.7.